The number of nitrogens with zero attached hydrogens (tertiary/aromatic N) is 2. The van der Waals surface area contributed by atoms with E-state index in [9.17, 15) is 13.6 Å². The van der Waals surface area contributed by atoms with E-state index in [4.69, 9.17) is 0 Å². The monoisotopic (exact) mass is 336 g/mol. The number of hydrogen-bond donors (Lipinski definition) is 0. The van der Waals surface area contributed by atoms with Gasteiger partial charge in [-0.05, 0) is 24.1 Å². The van der Waals surface area contributed by atoms with Crippen LogP contribution < -0.4 is 0 Å². The fourth-order valence-electron chi connectivity index (χ4n) is 2.05. The smallest absolute Gasteiger partial charge is 0.225 e. The number of hydrogen-bond acceptors (Lipinski definition) is 3. The van der Waals surface area contributed by atoms with Crippen molar-refractivity contribution in [1.82, 2.24) is 9.21 Å². The molecule has 1 saturated heterocycles. The summed E-state index contributed by atoms with van der Waals surface area (Å²) in [5.74, 6) is -0.957. The third kappa shape index (κ3) is 5.20. The first-order valence-electron chi connectivity index (χ1n) is 6.64. The van der Waals surface area contributed by atoms with Gasteiger partial charge in [-0.15, -0.1) is 0 Å². The van der Waals surface area contributed by atoms with Crippen LogP contribution >= 0.6 is 11.9 Å². The Balaban J connectivity index is 0.00000220. The standard InChI is InChI=1S/C14H18F2N2OS.2H2O/c1-10(2)14(19)17-5-7-18(8-6-17)20-13-4-3-11(15)9-12(13)16;;/h3-4,9-10H,5-8H2,1-2H3;2*1H2. The van der Waals surface area contributed by atoms with Crippen molar-refractivity contribution in [1.29, 1.82) is 0 Å². The summed E-state index contributed by atoms with van der Waals surface area (Å²) in [6, 6.07) is 3.59. The summed E-state index contributed by atoms with van der Waals surface area (Å²) in [5.41, 5.74) is 0. The van der Waals surface area contributed by atoms with E-state index in [0.29, 0.717) is 31.1 Å². The van der Waals surface area contributed by atoms with E-state index in [0.717, 1.165) is 6.07 Å². The highest BCUT2D eigenvalue weighted by Crippen LogP contribution is 2.27. The van der Waals surface area contributed by atoms with Crippen LogP contribution in [-0.4, -0.2) is 52.2 Å². The van der Waals surface area contributed by atoms with Crippen molar-refractivity contribution >= 4 is 17.9 Å². The molecule has 1 aromatic carbocycles. The van der Waals surface area contributed by atoms with E-state index in [1.165, 1.54) is 24.1 Å². The number of halogens is 2. The van der Waals surface area contributed by atoms with Crippen molar-refractivity contribution in [2.45, 2.75) is 18.7 Å². The third-order valence-corrected chi connectivity index (χ3v) is 4.32. The van der Waals surface area contributed by atoms with E-state index >= 15 is 0 Å². The Kier molecular flexibility index (Phi) is 8.54. The Labute approximate surface area is 133 Å². The van der Waals surface area contributed by atoms with Crippen molar-refractivity contribution in [3.63, 3.8) is 0 Å². The molecule has 0 atom stereocenters. The topological polar surface area (TPSA) is 86.6 Å². The maximum absolute atomic E-state index is 13.6. The minimum atomic E-state index is -0.570. The molecule has 0 spiro atoms. The third-order valence-electron chi connectivity index (χ3n) is 3.17. The van der Waals surface area contributed by atoms with Gasteiger partial charge in [-0.25, -0.2) is 13.1 Å². The van der Waals surface area contributed by atoms with Gasteiger partial charge >= 0.3 is 0 Å². The van der Waals surface area contributed by atoms with E-state index in [-0.39, 0.29) is 22.8 Å². The van der Waals surface area contributed by atoms with Gasteiger partial charge in [0.1, 0.15) is 11.6 Å². The molecule has 4 N–H and O–H groups in total. The summed E-state index contributed by atoms with van der Waals surface area (Å²) in [5, 5.41) is 0. The van der Waals surface area contributed by atoms with E-state index < -0.39 is 11.6 Å². The number of piperazine rings is 1. The lowest BCUT2D eigenvalue weighted by Crippen LogP contribution is -2.47. The molecule has 1 aliphatic heterocycles. The minimum Gasteiger partial charge on any atom is -0.412 e. The van der Waals surface area contributed by atoms with Crippen LogP contribution in [0.1, 0.15) is 13.8 Å². The van der Waals surface area contributed by atoms with Crippen LogP contribution in [0.15, 0.2) is 23.1 Å². The molecule has 0 bridgehead atoms. The highest BCUT2D eigenvalue weighted by atomic mass is 32.2. The molecule has 5 nitrogen and oxygen atoms in total. The van der Waals surface area contributed by atoms with Crippen molar-refractivity contribution in [3.8, 4) is 0 Å². The molecule has 8 heteroatoms. The normalized spacial score (nSPS) is 15.2. The van der Waals surface area contributed by atoms with Crippen LogP contribution in [0.25, 0.3) is 0 Å². The van der Waals surface area contributed by atoms with Gasteiger partial charge in [-0.2, -0.15) is 0 Å². The van der Waals surface area contributed by atoms with E-state index in [1.807, 2.05) is 23.1 Å². The molecule has 1 aliphatic rings. The fourth-order valence-corrected chi connectivity index (χ4v) is 2.95. The predicted octanol–water partition coefficient (Wildman–Crippen LogP) is 1.12. The Hall–Kier alpha value is -1.22. The van der Waals surface area contributed by atoms with Gasteiger partial charge in [-0.1, -0.05) is 13.8 Å². The maximum atomic E-state index is 13.6. The first-order chi connectivity index (χ1) is 9.47. The van der Waals surface area contributed by atoms with Crippen LogP contribution in [0.2, 0.25) is 0 Å². The molecule has 0 aliphatic carbocycles. The first-order valence-corrected chi connectivity index (χ1v) is 7.41. The van der Waals surface area contributed by atoms with Crippen LogP contribution in [0, 0.1) is 17.6 Å². The van der Waals surface area contributed by atoms with Crippen LogP contribution in [0.3, 0.4) is 0 Å². The van der Waals surface area contributed by atoms with Crippen LogP contribution in [0.5, 0.6) is 0 Å². The van der Waals surface area contributed by atoms with Gasteiger partial charge in [0.15, 0.2) is 0 Å². The number of rotatable bonds is 3. The van der Waals surface area contributed by atoms with Gasteiger partial charge in [0.25, 0.3) is 0 Å². The highest BCUT2D eigenvalue weighted by Gasteiger charge is 2.23. The zero-order chi connectivity index (χ0) is 14.7. The van der Waals surface area contributed by atoms with Crippen LogP contribution in [0.4, 0.5) is 8.78 Å². The van der Waals surface area contributed by atoms with Crippen molar-refractivity contribution in [3.05, 3.63) is 29.8 Å². The minimum absolute atomic E-state index is 0. The quantitative estimate of drug-likeness (QED) is 0.775. The molecule has 1 amide bonds. The molecule has 1 fully saturated rings. The summed E-state index contributed by atoms with van der Waals surface area (Å²) in [6.45, 7) is 6.42. The molecule has 0 radical (unpaired) electrons. The Morgan fingerprint density at radius 1 is 1.14 bits per heavy atom. The molecule has 0 saturated carbocycles. The van der Waals surface area contributed by atoms with Gasteiger partial charge in [0, 0.05) is 38.2 Å². The molecule has 2 rings (SSSR count). The van der Waals surface area contributed by atoms with Crippen LogP contribution in [-0.2, 0) is 4.79 Å². The molecule has 0 unspecified atom stereocenters. The zero-order valence-electron chi connectivity index (χ0n) is 12.6. The second-order valence-electron chi connectivity index (χ2n) is 5.08. The van der Waals surface area contributed by atoms with Gasteiger partial charge in [0.2, 0.25) is 5.91 Å². The zero-order valence-corrected chi connectivity index (χ0v) is 13.4. The lowest BCUT2D eigenvalue weighted by molar-refractivity contribution is -0.135. The molecule has 126 valence electrons. The van der Waals surface area contributed by atoms with E-state index in [1.54, 1.807) is 0 Å². The SMILES string of the molecule is CC(C)C(=O)N1CCN(Sc2ccc(F)cc2F)CC1.O.O. The lowest BCUT2D eigenvalue weighted by atomic mass is 10.2. The summed E-state index contributed by atoms with van der Waals surface area (Å²) in [4.78, 5) is 14.1. The molecule has 0 aromatic heterocycles. The van der Waals surface area contributed by atoms with Gasteiger partial charge in [0.05, 0.1) is 4.90 Å². The average molecular weight is 336 g/mol. The first kappa shape index (κ1) is 20.8. The van der Waals surface area contributed by atoms with Crippen molar-refractivity contribution in [2.75, 3.05) is 26.2 Å². The second-order valence-corrected chi connectivity index (χ2v) is 6.21. The number of amides is 1. The van der Waals surface area contributed by atoms with Crippen molar-refractivity contribution < 1.29 is 24.5 Å². The molecule has 1 heterocycles. The lowest BCUT2D eigenvalue weighted by Gasteiger charge is -2.34. The molecular weight excluding hydrogens is 314 g/mol. The summed E-state index contributed by atoms with van der Waals surface area (Å²) >= 11 is 1.28. The molecule has 1 aromatic rings. The van der Waals surface area contributed by atoms with Gasteiger partial charge < -0.3 is 15.9 Å². The highest BCUT2D eigenvalue weighted by molar-refractivity contribution is 7.97. The predicted molar refractivity (Wildman–Crippen MR) is 82.4 cm³/mol. The molecule has 22 heavy (non-hydrogen) atoms. The average Bonchev–Trinajstić information content (AvgIpc) is 2.42. The Bertz CT molecular complexity index is 495. The second kappa shape index (κ2) is 9.04. The number of benzene rings is 1. The summed E-state index contributed by atoms with van der Waals surface area (Å²) < 4.78 is 28.4. The molecular formula is C14H22F2N2O3S. The summed E-state index contributed by atoms with van der Waals surface area (Å²) in [7, 11) is 0. The Morgan fingerprint density at radius 2 is 1.73 bits per heavy atom. The van der Waals surface area contributed by atoms with Crippen molar-refractivity contribution in [2.24, 2.45) is 5.92 Å². The van der Waals surface area contributed by atoms with E-state index in [2.05, 4.69) is 0 Å². The summed E-state index contributed by atoms with van der Waals surface area (Å²) in [6.07, 6.45) is 0. The Morgan fingerprint density at radius 3 is 2.23 bits per heavy atom. The largest absolute Gasteiger partial charge is 0.412 e. The number of carbonyl (C=O) groups is 1. The van der Waals surface area contributed by atoms with Gasteiger partial charge in [-0.3, -0.25) is 4.79 Å². The fraction of sp³-hybridized carbons (Fsp3) is 0.500. The number of carbonyl (C=O) groups excluding carboxylic acids is 1. The maximum Gasteiger partial charge on any atom is 0.225 e.